The Hall–Kier alpha value is -3.19. The van der Waals surface area contributed by atoms with Crippen molar-refractivity contribution in [2.75, 3.05) is 25.5 Å². The Morgan fingerprint density at radius 1 is 1.21 bits per heavy atom. The molecule has 0 aliphatic carbocycles. The molecule has 0 saturated carbocycles. The maximum absolute atomic E-state index is 12.5. The van der Waals surface area contributed by atoms with Gasteiger partial charge in [0.05, 0.1) is 13.7 Å². The average molecular weight is 395 g/mol. The van der Waals surface area contributed by atoms with Crippen LogP contribution in [0.2, 0.25) is 0 Å². The van der Waals surface area contributed by atoms with Crippen LogP contribution in [-0.2, 0) is 4.79 Å². The average Bonchev–Trinajstić information content (AvgIpc) is 3.22. The minimum absolute atomic E-state index is 0.0720. The van der Waals surface area contributed by atoms with Crippen LogP contribution in [-0.4, -0.2) is 36.3 Å². The maximum Gasteiger partial charge on any atom is 0.279 e. The fourth-order valence-electron chi connectivity index (χ4n) is 3.15. The summed E-state index contributed by atoms with van der Waals surface area (Å²) in [4.78, 5) is 13.5. The predicted molar refractivity (Wildman–Crippen MR) is 111 cm³/mol. The highest BCUT2D eigenvalue weighted by molar-refractivity contribution is 5.91. The van der Waals surface area contributed by atoms with Gasteiger partial charge in [-0.15, -0.1) is 10.2 Å². The fourth-order valence-corrected chi connectivity index (χ4v) is 3.15. The van der Waals surface area contributed by atoms with Crippen LogP contribution < -0.4 is 15.0 Å². The number of aryl methyl sites for hydroxylation is 1. The van der Waals surface area contributed by atoms with E-state index in [2.05, 4.69) is 15.5 Å². The van der Waals surface area contributed by atoms with Gasteiger partial charge in [-0.1, -0.05) is 17.7 Å². The monoisotopic (exact) mass is 395 g/mol. The summed E-state index contributed by atoms with van der Waals surface area (Å²) in [5.41, 5.74) is 2.76. The molecule has 1 heterocycles. The van der Waals surface area contributed by atoms with Crippen LogP contribution in [0.1, 0.15) is 31.3 Å². The summed E-state index contributed by atoms with van der Waals surface area (Å²) >= 11 is 0. The van der Waals surface area contributed by atoms with E-state index in [1.165, 1.54) is 0 Å². The molecule has 3 rings (SSSR count). The van der Waals surface area contributed by atoms with E-state index in [0.29, 0.717) is 18.3 Å². The first kappa shape index (κ1) is 20.5. The van der Waals surface area contributed by atoms with E-state index in [1.54, 1.807) is 7.11 Å². The summed E-state index contributed by atoms with van der Waals surface area (Å²) in [6.45, 7) is 7.09. The van der Waals surface area contributed by atoms with Gasteiger partial charge in [0, 0.05) is 11.3 Å². The van der Waals surface area contributed by atoms with Crippen molar-refractivity contribution in [2.45, 2.75) is 26.8 Å². The van der Waals surface area contributed by atoms with Crippen molar-refractivity contribution in [1.82, 2.24) is 10.2 Å². The summed E-state index contributed by atoms with van der Waals surface area (Å²) in [5.74, 6) is 1.69. The van der Waals surface area contributed by atoms with Gasteiger partial charge >= 0.3 is 0 Å². The van der Waals surface area contributed by atoms with Crippen molar-refractivity contribution in [1.29, 1.82) is 0 Å². The Labute approximate surface area is 170 Å². The molecule has 3 aromatic rings. The van der Waals surface area contributed by atoms with Crippen LogP contribution in [0.3, 0.4) is 0 Å². The number of aromatic nitrogens is 2. The van der Waals surface area contributed by atoms with E-state index in [-0.39, 0.29) is 11.9 Å². The molecule has 0 spiro atoms. The van der Waals surface area contributed by atoms with Gasteiger partial charge in [-0.2, -0.15) is 0 Å². The summed E-state index contributed by atoms with van der Waals surface area (Å²) in [6, 6.07) is 15.1. The van der Waals surface area contributed by atoms with Crippen LogP contribution in [0.5, 0.6) is 5.75 Å². The van der Waals surface area contributed by atoms with E-state index in [1.807, 2.05) is 69.3 Å². The Kier molecular flexibility index (Phi) is 6.61. The number of carbonyl (C=O) groups is 1. The Bertz CT molecular complexity index is 953. The van der Waals surface area contributed by atoms with Crippen molar-refractivity contribution in [3.63, 3.8) is 0 Å². The number of hydrogen-bond donors (Lipinski definition) is 2. The number of nitrogens with zero attached hydrogens (tertiary/aromatic N) is 2. The van der Waals surface area contributed by atoms with Gasteiger partial charge in [-0.25, -0.2) is 0 Å². The summed E-state index contributed by atoms with van der Waals surface area (Å²) in [7, 11) is 1.61. The SMILES string of the molecule is CC[NH+](CC(=O)Nc1ccc(OC)cc1)[C@H](C)c1nnc(-c2cccc(C)c2)o1. The van der Waals surface area contributed by atoms with Gasteiger partial charge in [0.1, 0.15) is 5.75 Å². The molecular weight excluding hydrogens is 368 g/mol. The number of nitrogens with one attached hydrogen (secondary N) is 2. The number of anilines is 1. The molecule has 2 atom stereocenters. The number of quaternary nitrogens is 1. The highest BCUT2D eigenvalue weighted by Crippen LogP contribution is 2.20. The summed E-state index contributed by atoms with van der Waals surface area (Å²) < 4.78 is 11.0. The van der Waals surface area contributed by atoms with Crippen molar-refractivity contribution in [3.05, 3.63) is 60.0 Å². The number of rotatable bonds is 8. The molecule has 2 aromatic carbocycles. The first-order chi connectivity index (χ1) is 14.0. The lowest BCUT2D eigenvalue weighted by atomic mass is 10.1. The van der Waals surface area contributed by atoms with Crippen molar-refractivity contribution < 1.29 is 18.8 Å². The van der Waals surface area contributed by atoms with Gasteiger partial charge in [0.2, 0.25) is 5.89 Å². The number of carbonyl (C=O) groups excluding carboxylic acids is 1. The normalized spacial score (nSPS) is 13.0. The van der Waals surface area contributed by atoms with Gasteiger partial charge in [-0.05, 0) is 57.2 Å². The zero-order valence-electron chi connectivity index (χ0n) is 17.2. The molecule has 152 valence electrons. The Balaban J connectivity index is 1.65. The van der Waals surface area contributed by atoms with Crippen molar-refractivity contribution in [3.8, 4) is 17.2 Å². The highest BCUT2D eigenvalue weighted by Gasteiger charge is 2.26. The largest absolute Gasteiger partial charge is 0.497 e. The molecule has 29 heavy (non-hydrogen) atoms. The molecule has 0 aliphatic rings. The second-order valence-electron chi connectivity index (χ2n) is 7.00. The minimum Gasteiger partial charge on any atom is -0.497 e. The zero-order valence-corrected chi connectivity index (χ0v) is 17.2. The van der Waals surface area contributed by atoms with Crippen LogP contribution in [0.4, 0.5) is 5.69 Å². The fraction of sp³-hybridized carbons (Fsp3) is 0.318. The number of amides is 1. The molecule has 0 fully saturated rings. The van der Waals surface area contributed by atoms with E-state index < -0.39 is 0 Å². The minimum atomic E-state index is -0.104. The first-order valence-electron chi connectivity index (χ1n) is 9.69. The molecule has 1 unspecified atom stereocenters. The number of benzene rings is 2. The molecule has 7 nitrogen and oxygen atoms in total. The summed E-state index contributed by atoms with van der Waals surface area (Å²) in [5, 5.41) is 11.3. The third kappa shape index (κ3) is 5.20. The summed E-state index contributed by atoms with van der Waals surface area (Å²) in [6.07, 6.45) is 0. The highest BCUT2D eigenvalue weighted by atomic mass is 16.5. The zero-order chi connectivity index (χ0) is 20.8. The van der Waals surface area contributed by atoms with Gasteiger partial charge in [0.25, 0.3) is 11.8 Å². The Morgan fingerprint density at radius 2 is 1.97 bits per heavy atom. The topological polar surface area (TPSA) is 81.7 Å². The lowest BCUT2D eigenvalue weighted by Crippen LogP contribution is -3.12. The standard InChI is InChI=1S/C22H26N4O3/c1-5-26(14-20(27)23-18-9-11-19(28-4)12-10-18)16(3)21-24-25-22(29-21)17-8-6-7-15(2)13-17/h6-13,16H,5,14H2,1-4H3,(H,23,27)/p+1/t16-/m1/s1. The second kappa shape index (κ2) is 9.34. The van der Waals surface area contributed by atoms with E-state index in [4.69, 9.17) is 9.15 Å². The molecular formula is C22H27N4O3+. The molecule has 7 heteroatoms. The van der Waals surface area contributed by atoms with Gasteiger partial charge in [0.15, 0.2) is 12.6 Å². The van der Waals surface area contributed by atoms with E-state index in [0.717, 1.165) is 34.0 Å². The first-order valence-corrected chi connectivity index (χ1v) is 9.69. The smallest absolute Gasteiger partial charge is 0.279 e. The van der Waals surface area contributed by atoms with Crippen molar-refractivity contribution >= 4 is 11.6 Å². The predicted octanol–water partition coefficient (Wildman–Crippen LogP) is 2.66. The number of likely N-dealkylation sites (N-methyl/N-ethyl adjacent to an activating group) is 1. The number of methoxy groups -OCH3 is 1. The molecule has 0 radical (unpaired) electrons. The van der Waals surface area contributed by atoms with Gasteiger partial charge < -0.3 is 19.4 Å². The van der Waals surface area contributed by atoms with Crippen molar-refractivity contribution in [2.24, 2.45) is 0 Å². The lowest BCUT2D eigenvalue weighted by molar-refractivity contribution is -0.921. The lowest BCUT2D eigenvalue weighted by Gasteiger charge is -2.21. The Morgan fingerprint density at radius 3 is 2.62 bits per heavy atom. The number of hydrogen-bond acceptors (Lipinski definition) is 5. The second-order valence-corrected chi connectivity index (χ2v) is 7.00. The molecule has 0 aliphatic heterocycles. The molecule has 1 amide bonds. The maximum atomic E-state index is 12.5. The molecule has 2 N–H and O–H groups in total. The molecule has 0 bridgehead atoms. The van der Waals surface area contributed by atoms with Gasteiger partial charge in [-0.3, -0.25) is 4.79 Å². The third-order valence-corrected chi connectivity index (χ3v) is 4.90. The van der Waals surface area contributed by atoms with E-state index >= 15 is 0 Å². The quantitative estimate of drug-likeness (QED) is 0.613. The van der Waals surface area contributed by atoms with Crippen LogP contribution in [0.25, 0.3) is 11.5 Å². The molecule has 0 saturated heterocycles. The van der Waals surface area contributed by atoms with Crippen LogP contribution >= 0.6 is 0 Å². The third-order valence-electron chi connectivity index (χ3n) is 4.90. The van der Waals surface area contributed by atoms with Crippen LogP contribution in [0, 0.1) is 6.92 Å². The van der Waals surface area contributed by atoms with Crippen LogP contribution in [0.15, 0.2) is 52.9 Å². The molecule has 1 aromatic heterocycles. The number of ether oxygens (including phenoxy) is 1. The van der Waals surface area contributed by atoms with E-state index in [9.17, 15) is 4.79 Å².